The molecular formula is C16H16FIN2. The fourth-order valence-electron chi connectivity index (χ4n) is 2.56. The second-order valence-electron chi connectivity index (χ2n) is 5.11. The second kappa shape index (κ2) is 5.60. The van der Waals surface area contributed by atoms with Crippen molar-refractivity contribution in [2.24, 2.45) is 0 Å². The Labute approximate surface area is 132 Å². The summed E-state index contributed by atoms with van der Waals surface area (Å²) in [6.07, 6.45) is 1.12. The Hall–Kier alpha value is -1.30. The highest BCUT2D eigenvalue weighted by molar-refractivity contribution is 14.1. The van der Waals surface area contributed by atoms with Crippen LogP contribution in [0.5, 0.6) is 0 Å². The number of nitrogens with zero attached hydrogens (tertiary/aromatic N) is 1. The summed E-state index contributed by atoms with van der Waals surface area (Å²) in [5, 5.41) is 3.37. The third kappa shape index (κ3) is 2.75. The Morgan fingerprint density at radius 3 is 2.90 bits per heavy atom. The lowest BCUT2D eigenvalue weighted by Crippen LogP contribution is -2.12. The predicted octanol–water partition coefficient (Wildman–Crippen LogP) is 4.03. The quantitative estimate of drug-likeness (QED) is 0.807. The van der Waals surface area contributed by atoms with Crippen LogP contribution in [0.3, 0.4) is 0 Å². The van der Waals surface area contributed by atoms with Gasteiger partial charge in [0.05, 0.1) is 0 Å². The van der Waals surface area contributed by atoms with Crippen molar-refractivity contribution < 1.29 is 4.39 Å². The molecule has 0 saturated heterocycles. The van der Waals surface area contributed by atoms with Crippen LogP contribution in [0.2, 0.25) is 0 Å². The molecule has 0 saturated carbocycles. The number of halogens is 2. The number of benzene rings is 2. The standard InChI is InChI=1S/C16H16FIN2/c1-20-7-6-12-8-11(2-5-16(12)20)10-19-15-4-3-13(17)9-14(15)18/h2-5,8-9,19H,6-7,10H2,1H3. The molecule has 1 heterocycles. The zero-order chi connectivity index (χ0) is 14.1. The molecule has 0 radical (unpaired) electrons. The van der Waals surface area contributed by atoms with Crippen LogP contribution >= 0.6 is 22.6 Å². The summed E-state index contributed by atoms with van der Waals surface area (Å²) in [6.45, 7) is 1.86. The molecule has 0 atom stereocenters. The number of hydrogen-bond acceptors (Lipinski definition) is 2. The van der Waals surface area contributed by atoms with Crippen molar-refractivity contribution in [3.63, 3.8) is 0 Å². The molecule has 1 aliphatic rings. The van der Waals surface area contributed by atoms with Gasteiger partial charge in [0.25, 0.3) is 0 Å². The van der Waals surface area contributed by atoms with Crippen molar-refractivity contribution in [3.05, 3.63) is 56.9 Å². The maximum Gasteiger partial charge on any atom is 0.124 e. The van der Waals surface area contributed by atoms with Crippen LogP contribution in [0.1, 0.15) is 11.1 Å². The minimum atomic E-state index is -0.194. The van der Waals surface area contributed by atoms with Crippen LogP contribution in [0, 0.1) is 9.39 Å². The molecule has 0 spiro atoms. The molecule has 0 aliphatic carbocycles. The van der Waals surface area contributed by atoms with E-state index in [0.29, 0.717) is 0 Å². The minimum Gasteiger partial charge on any atom is -0.380 e. The lowest BCUT2D eigenvalue weighted by atomic mass is 10.1. The summed E-state index contributed by atoms with van der Waals surface area (Å²) in [5.74, 6) is -0.194. The highest BCUT2D eigenvalue weighted by Gasteiger charge is 2.15. The zero-order valence-electron chi connectivity index (χ0n) is 11.3. The van der Waals surface area contributed by atoms with Crippen LogP contribution in [-0.2, 0) is 13.0 Å². The lowest BCUT2D eigenvalue weighted by molar-refractivity contribution is 0.627. The predicted molar refractivity (Wildman–Crippen MR) is 89.9 cm³/mol. The van der Waals surface area contributed by atoms with Crippen molar-refractivity contribution in [1.82, 2.24) is 0 Å². The van der Waals surface area contributed by atoms with E-state index in [1.54, 1.807) is 12.1 Å². The molecule has 0 fully saturated rings. The summed E-state index contributed by atoms with van der Waals surface area (Å²) in [7, 11) is 2.13. The molecule has 4 heteroatoms. The molecule has 1 aliphatic heterocycles. The number of fused-ring (bicyclic) bond motifs is 1. The molecular weight excluding hydrogens is 366 g/mol. The maximum atomic E-state index is 13.1. The SMILES string of the molecule is CN1CCc2cc(CNc3ccc(F)cc3I)ccc21. The summed E-state index contributed by atoms with van der Waals surface area (Å²) >= 11 is 2.15. The van der Waals surface area contributed by atoms with E-state index in [9.17, 15) is 4.39 Å². The molecule has 0 unspecified atom stereocenters. The van der Waals surface area contributed by atoms with Crippen LogP contribution in [-0.4, -0.2) is 13.6 Å². The maximum absolute atomic E-state index is 13.1. The third-order valence-corrected chi connectivity index (χ3v) is 4.58. The largest absolute Gasteiger partial charge is 0.380 e. The number of rotatable bonds is 3. The van der Waals surface area contributed by atoms with Crippen molar-refractivity contribution >= 4 is 34.0 Å². The molecule has 2 aromatic carbocycles. The first-order chi connectivity index (χ1) is 9.63. The topological polar surface area (TPSA) is 15.3 Å². The normalized spacial score (nSPS) is 13.4. The van der Waals surface area contributed by atoms with Gasteiger partial charge in [-0.05, 0) is 64.4 Å². The Bertz CT molecular complexity index is 642. The van der Waals surface area contributed by atoms with Gasteiger partial charge in [-0.15, -0.1) is 0 Å². The minimum absolute atomic E-state index is 0.194. The Balaban J connectivity index is 1.73. The Kier molecular flexibility index (Phi) is 3.83. The van der Waals surface area contributed by atoms with E-state index in [-0.39, 0.29) is 5.82 Å². The third-order valence-electron chi connectivity index (χ3n) is 3.69. The zero-order valence-corrected chi connectivity index (χ0v) is 13.4. The van der Waals surface area contributed by atoms with Gasteiger partial charge in [0, 0.05) is 35.1 Å². The highest BCUT2D eigenvalue weighted by Crippen LogP contribution is 2.28. The van der Waals surface area contributed by atoms with Crippen LogP contribution in [0.15, 0.2) is 36.4 Å². The van der Waals surface area contributed by atoms with E-state index in [1.165, 1.54) is 22.9 Å². The van der Waals surface area contributed by atoms with Gasteiger partial charge in [-0.2, -0.15) is 0 Å². The van der Waals surface area contributed by atoms with Gasteiger partial charge in [-0.3, -0.25) is 0 Å². The Morgan fingerprint density at radius 2 is 2.10 bits per heavy atom. The highest BCUT2D eigenvalue weighted by atomic mass is 127. The number of nitrogens with one attached hydrogen (secondary N) is 1. The molecule has 2 nitrogen and oxygen atoms in total. The fourth-order valence-corrected chi connectivity index (χ4v) is 3.23. The lowest BCUT2D eigenvalue weighted by Gasteiger charge is -2.13. The van der Waals surface area contributed by atoms with Gasteiger partial charge in [0.2, 0.25) is 0 Å². The molecule has 2 aromatic rings. The van der Waals surface area contributed by atoms with E-state index < -0.39 is 0 Å². The first-order valence-electron chi connectivity index (χ1n) is 6.65. The molecule has 0 amide bonds. The molecule has 104 valence electrons. The average Bonchev–Trinajstić information content (AvgIpc) is 2.79. The van der Waals surface area contributed by atoms with Gasteiger partial charge >= 0.3 is 0 Å². The van der Waals surface area contributed by atoms with Crippen molar-refractivity contribution in [1.29, 1.82) is 0 Å². The van der Waals surface area contributed by atoms with E-state index in [4.69, 9.17) is 0 Å². The first-order valence-corrected chi connectivity index (χ1v) is 7.73. The van der Waals surface area contributed by atoms with E-state index in [1.807, 2.05) is 0 Å². The summed E-state index contributed by atoms with van der Waals surface area (Å²) < 4.78 is 14.0. The molecule has 0 bridgehead atoms. The number of anilines is 2. The average molecular weight is 382 g/mol. The first kappa shape index (κ1) is 13.7. The molecule has 3 rings (SSSR count). The Morgan fingerprint density at radius 1 is 1.25 bits per heavy atom. The van der Waals surface area contributed by atoms with Crippen molar-refractivity contribution in [3.8, 4) is 0 Å². The summed E-state index contributed by atoms with van der Waals surface area (Å²) in [6, 6.07) is 11.4. The molecule has 0 aromatic heterocycles. The van der Waals surface area contributed by atoms with Crippen LogP contribution in [0.25, 0.3) is 0 Å². The van der Waals surface area contributed by atoms with Crippen molar-refractivity contribution in [2.75, 3.05) is 23.8 Å². The second-order valence-corrected chi connectivity index (χ2v) is 6.27. The summed E-state index contributed by atoms with van der Waals surface area (Å²) in [4.78, 5) is 2.29. The van der Waals surface area contributed by atoms with Crippen LogP contribution < -0.4 is 10.2 Å². The van der Waals surface area contributed by atoms with Gasteiger partial charge in [0.1, 0.15) is 5.82 Å². The van der Waals surface area contributed by atoms with Gasteiger partial charge in [-0.25, -0.2) is 4.39 Å². The number of hydrogen-bond donors (Lipinski definition) is 1. The number of likely N-dealkylation sites (N-methyl/N-ethyl adjacent to an activating group) is 1. The van der Waals surface area contributed by atoms with Gasteiger partial charge in [-0.1, -0.05) is 12.1 Å². The van der Waals surface area contributed by atoms with E-state index in [2.05, 4.69) is 58.1 Å². The van der Waals surface area contributed by atoms with Gasteiger partial charge < -0.3 is 10.2 Å². The fraction of sp³-hybridized carbons (Fsp3) is 0.250. The summed E-state index contributed by atoms with van der Waals surface area (Å²) in [5.41, 5.74) is 4.99. The monoisotopic (exact) mass is 382 g/mol. The van der Waals surface area contributed by atoms with Crippen molar-refractivity contribution in [2.45, 2.75) is 13.0 Å². The van der Waals surface area contributed by atoms with Crippen LogP contribution in [0.4, 0.5) is 15.8 Å². The smallest absolute Gasteiger partial charge is 0.124 e. The van der Waals surface area contributed by atoms with Gasteiger partial charge in [0.15, 0.2) is 0 Å². The van der Waals surface area contributed by atoms with E-state index in [0.717, 1.165) is 28.8 Å². The molecule has 20 heavy (non-hydrogen) atoms. The van der Waals surface area contributed by atoms with E-state index >= 15 is 0 Å². The molecule has 1 N–H and O–H groups in total.